The number of carbonyl (C=O) groups excluding carboxylic acids is 1. The quantitative estimate of drug-likeness (QED) is 0.711. The average molecular weight is 195 g/mol. The van der Waals surface area contributed by atoms with Gasteiger partial charge < -0.3 is 10.2 Å². The minimum Gasteiger partial charge on any atom is -0.335 e. The summed E-state index contributed by atoms with van der Waals surface area (Å²) in [5.41, 5.74) is 0. The van der Waals surface area contributed by atoms with Gasteiger partial charge in [-0.15, -0.1) is 11.3 Å². The van der Waals surface area contributed by atoms with Crippen molar-refractivity contribution in [2.75, 3.05) is 26.2 Å². The molecule has 1 radical (unpaired) electrons. The monoisotopic (exact) mass is 195 g/mol. The lowest BCUT2D eigenvalue weighted by Crippen LogP contribution is -2.46. The second-order valence-corrected chi connectivity index (χ2v) is 3.86. The second kappa shape index (κ2) is 3.89. The smallest absolute Gasteiger partial charge is 0.264 e. The lowest BCUT2D eigenvalue weighted by atomic mass is 10.3. The second-order valence-electron chi connectivity index (χ2n) is 2.95. The van der Waals surface area contributed by atoms with Gasteiger partial charge in [0, 0.05) is 26.2 Å². The van der Waals surface area contributed by atoms with Crippen LogP contribution in [0.2, 0.25) is 0 Å². The molecule has 0 unspecified atom stereocenters. The molecule has 0 aromatic carbocycles. The maximum absolute atomic E-state index is 11.7. The Morgan fingerprint density at radius 2 is 2.31 bits per heavy atom. The van der Waals surface area contributed by atoms with E-state index in [0.717, 1.165) is 31.1 Å². The molecule has 1 saturated heterocycles. The van der Waals surface area contributed by atoms with Crippen LogP contribution in [0.25, 0.3) is 0 Å². The van der Waals surface area contributed by atoms with Crippen LogP contribution in [0.3, 0.4) is 0 Å². The Balaban J connectivity index is 2.04. The Morgan fingerprint density at radius 1 is 1.54 bits per heavy atom. The highest BCUT2D eigenvalue weighted by Crippen LogP contribution is 2.11. The SMILES string of the molecule is O=C(c1c[c]cs1)N1CCNCC1. The van der Waals surface area contributed by atoms with Gasteiger partial charge in [-0.1, -0.05) is 0 Å². The standard InChI is InChI=1S/C9H11N2OS/c12-9(8-2-1-7-13-8)11-5-3-10-4-6-11/h2,7,10H,3-6H2. The van der Waals surface area contributed by atoms with E-state index in [-0.39, 0.29) is 5.91 Å². The molecule has 1 aliphatic heterocycles. The Hall–Kier alpha value is -0.870. The zero-order valence-corrected chi connectivity index (χ0v) is 8.06. The molecule has 0 spiro atoms. The van der Waals surface area contributed by atoms with E-state index in [1.807, 2.05) is 10.3 Å². The van der Waals surface area contributed by atoms with Crippen LogP contribution in [0, 0.1) is 6.07 Å². The van der Waals surface area contributed by atoms with Gasteiger partial charge in [0.15, 0.2) is 0 Å². The van der Waals surface area contributed by atoms with E-state index in [4.69, 9.17) is 0 Å². The fourth-order valence-corrected chi connectivity index (χ4v) is 2.01. The zero-order chi connectivity index (χ0) is 9.10. The molecule has 1 fully saturated rings. The Morgan fingerprint density at radius 3 is 2.92 bits per heavy atom. The Kier molecular flexibility index (Phi) is 2.61. The van der Waals surface area contributed by atoms with Gasteiger partial charge in [0.1, 0.15) is 0 Å². The molecular formula is C9H11N2OS. The van der Waals surface area contributed by atoms with Gasteiger partial charge >= 0.3 is 0 Å². The summed E-state index contributed by atoms with van der Waals surface area (Å²) in [6, 6.07) is 4.66. The van der Waals surface area contributed by atoms with Crippen molar-refractivity contribution in [1.82, 2.24) is 10.2 Å². The molecule has 2 heterocycles. The number of hydrogen-bond acceptors (Lipinski definition) is 3. The van der Waals surface area contributed by atoms with E-state index in [1.54, 1.807) is 6.07 Å². The normalized spacial score (nSPS) is 17.4. The molecule has 1 aliphatic rings. The molecule has 0 aliphatic carbocycles. The molecule has 0 bridgehead atoms. The van der Waals surface area contributed by atoms with Crippen LogP contribution in [0.1, 0.15) is 9.67 Å². The third-order valence-electron chi connectivity index (χ3n) is 2.08. The lowest BCUT2D eigenvalue weighted by Gasteiger charge is -2.26. The molecule has 1 aromatic heterocycles. The first-order valence-electron chi connectivity index (χ1n) is 4.32. The summed E-state index contributed by atoms with van der Waals surface area (Å²) in [5, 5.41) is 5.03. The number of nitrogens with zero attached hydrogens (tertiary/aromatic N) is 1. The third-order valence-corrected chi connectivity index (χ3v) is 2.88. The van der Waals surface area contributed by atoms with Gasteiger partial charge in [0.25, 0.3) is 5.91 Å². The Labute approximate surface area is 81.4 Å². The van der Waals surface area contributed by atoms with Crippen LogP contribution >= 0.6 is 11.3 Å². The van der Waals surface area contributed by atoms with E-state index in [1.165, 1.54) is 11.3 Å². The average Bonchev–Trinajstić information content (AvgIpc) is 2.71. The van der Waals surface area contributed by atoms with E-state index in [0.29, 0.717) is 0 Å². The molecule has 0 atom stereocenters. The predicted octanol–water partition coefficient (Wildman–Crippen LogP) is 0.594. The van der Waals surface area contributed by atoms with Gasteiger partial charge in [0.05, 0.1) is 4.88 Å². The molecule has 3 nitrogen and oxygen atoms in total. The van der Waals surface area contributed by atoms with Crippen LogP contribution in [0.15, 0.2) is 11.4 Å². The number of amides is 1. The van der Waals surface area contributed by atoms with Crippen molar-refractivity contribution < 1.29 is 4.79 Å². The fraction of sp³-hybridized carbons (Fsp3) is 0.444. The van der Waals surface area contributed by atoms with Crippen molar-refractivity contribution in [3.05, 3.63) is 22.4 Å². The maximum Gasteiger partial charge on any atom is 0.264 e. The van der Waals surface area contributed by atoms with Crippen molar-refractivity contribution in [3.8, 4) is 0 Å². The van der Waals surface area contributed by atoms with Gasteiger partial charge in [-0.05, 0) is 17.5 Å². The third kappa shape index (κ3) is 1.89. The molecule has 2 rings (SSSR count). The van der Waals surface area contributed by atoms with Gasteiger partial charge in [-0.2, -0.15) is 0 Å². The van der Waals surface area contributed by atoms with Gasteiger partial charge in [-0.3, -0.25) is 4.79 Å². The van der Waals surface area contributed by atoms with Crippen LogP contribution < -0.4 is 5.32 Å². The molecule has 1 amide bonds. The summed E-state index contributed by atoms with van der Waals surface area (Å²) >= 11 is 1.46. The topological polar surface area (TPSA) is 32.3 Å². The van der Waals surface area contributed by atoms with Gasteiger partial charge in [0.2, 0.25) is 0 Å². The first-order chi connectivity index (χ1) is 6.38. The van der Waals surface area contributed by atoms with Crippen molar-refractivity contribution in [2.45, 2.75) is 0 Å². The van der Waals surface area contributed by atoms with Crippen LogP contribution in [-0.2, 0) is 0 Å². The number of rotatable bonds is 1. The number of thiophene rings is 1. The number of piperazine rings is 1. The number of carbonyl (C=O) groups is 1. The summed E-state index contributed by atoms with van der Waals surface area (Å²) in [6.45, 7) is 3.44. The predicted molar refractivity (Wildman–Crippen MR) is 51.9 cm³/mol. The summed E-state index contributed by atoms with van der Waals surface area (Å²) in [6.07, 6.45) is 0. The largest absolute Gasteiger partial charge is 0.335 e. The first kappa shape index (κ1) is 8.72. The molecular weight excluding hydrogens is 184 g/mol. The van der Waals surface area contributed by atoms with Crippen molar-refractivity contribution in [2.24, 2.45) is 0 Å². The minimum absolute atomic E-state index is 0.146. The van der Waals surface area contributed by atoms with Gasteiger partial charge in [-0.25, -0.2) is 0 Å². The van der Waals surface area contributed by atoms with Crippen LogP contribution in [0.5, 0.6) is 0 Å². The molecule has 0 saturated carbocycles. The van der Waals surface area contributed by atoms with E-state index in [2.05, 4.69) is 11.4 Å². The summed E-state index contributed by atoms with van der Waals surface area (Å²) < 4.78 is 0. The van der Waals surface area contributed by atoms with E-state index < -0.39 is 0 Å². The number of nitrogens with one attached hydrogen (secondary N) is 1. The molecule has 1 aromatic rings. The highest BCUT2D eigenvalue weighted by molar-refractivity contribution is 7.12. The van der Waals surface area contributed by atoms with Crippen molar-refractivity contribution in [3.63, 3.8) is 0 Å². The summed E-state index contributed by atoms with van der Waals surface area (Å²) in [7, 11) is 0. The zero-order valence-electron chi connectivity index (χ0n) is 7.25. The lowest BCUT2D eigenvalue weighted by molar-refractivity contribution is 0.0740. The first-order valence-corrected chi connectivity index (χ1v) is 5.20. The van der Waals surface area contributed by atoms with Crippen molar-refractivity contribution in [1.29, 1.82) is 0 Å². The fourth-order valence-electron chi connectivity index (χ4n) is 1.38. The van der Waals surface area contributed by atoms with Crippen LogP contribution in [0.4, 0.5) is 0 Å². The summed E-state index contributed by atoms with van der Waals surface area (Å²) in [4.78, 5) is 14.4. The highest BCUT2D eigenvalue weighted by atomic mass is 32.1. The summed E-state index contributed by atoms with van der Waals surface area (Å²) in [5.74, 6) is 0.146. The van der Waals surface area contributed by atoms with Crippen LogP contribution in [-0.4, -0.2) is 37.0 Å². The van der Waals surface area contributed by atoms with E-state index in [9.17, 15) is 4.79 Å². The molecule has 4 heteroatoms. The highest BCUT2D eigenvalue weighted by Gasteiger charge is 2.17. The maximum atomic E-state index is 11.7. The Bertz CT molecular complexity index is 278. The molecule has 1 N–H and O–H groups in total. The van der Waals surface area contributed by atoms with Crippen molar-refractivity contribution >= 4 is 17.2 Å². The number of hydrogen-bond donors (Lipinski definition) is 1. The molecule has 69 valence electrons. The minimum atomic E-state index is 0.146. The molecule has 13 heavy (non-hydrogen) atoms. The van der Waals surface area contributed by atoms with E-state index >= 15 is 0 Å².